The number of para-hydroxylation sites is 1. The Morgan fingerprint density at radius 1 is 1.00 bits per heavy atom. The number of aromatic nitrogens is 1. The molecule has 2 aromatic carbocycles. The van der Waals surface area contributed by atoms with Gasteiger partial charge in [0.05, 0.1) is 27.9 Å². The molecule has 1 amide bonds. The highest BCUT2D eigenvalue weighted by Gasteiger charge is 2.30. The van der Waals surface area contributed by atoms with E-state index in [4.69, 9.17) is 18.9 Å². The summed E-state index contributed by atoms with van der Waals surface area (Å²) in [6.07, 6.45) is 2.41. The van der Waals surface area contributed by atoms with Crippen molar-refractivity contribution in [2.75, 3.05) is 34.4 Å². The van der Waals surface area contributed by atoms with Gasteiger partial charge in [-0.2, -0.15) is 0 Å². The molecule has 7 nitrogen and oxygen atoms in total. The molecular formula is C23H24N2O5. The van der Waals surface area contributed by atoms with E-state index in [0.717, 1.165) is 23.1 Å². The zero-order valence-electron chi connectivity index (χ0n) is 17.3. The molecule has 1 atom stereocenters. The molecule has 1 fully saturated rings. The molecule has 0 radical (unpaired) electrons. The van der Waals surface area contributed by atoms with Gasteiger partial charge in [-0.1, -0.05) is 18.2 Å². The monoisotopic (exact) mass is 408 g/mol. The number of methoxy groups -OCH3 is 3. The summed E-state index contributed by atoms with van der Waals surface area (Å²) in [7, 11) is 4.60. The smallest absolute Gasteiger partial charge is 0.254 e. The molecule has 3 aromatic rings. The minimum Gasteiger partial charge on any atom is -0.493 e. The zero-order valence-corrected chi connectivity index (χ0v) is 17.3. The number of likely N-dealkylation sites (tertiary alicyclic amines) is 1. The van der Waals surface area contributed by atoms with E-state index in [1.54, 1.807) is 23.2 Å². The van der Waals surface area contributed by atoms with Crippen LogP contribution in [0.4, 0.5) is 0 Å². The molecule has 7 heteroatoms. The van der Waals surface area contributed by atoms with Crippen molar-refractivity contribution < 1.29 is 23.7 Å². The predicted molar refractivity (Wildman–Crippen MR) is 113 cm³/mol. The molecule has 30 heavy (non-hydrogen) atoms. The third-order valence-corrected chi connectivity index (χ3v) is 5.23. The molecule has 4 rings (SSSR count). The van der Waals surface area contributed by atoms with Crippen LogP contribution in [0, 0.1) is 0 Å². The first-order valence-electron chi connectivity index (χ1n) is 9.74. The predicted octanol–water partition coefficient (Wildman–Crippen LogP) is 3.55. The van der Waals surface area contributed by atoms with Gasteiger partial charge >= 0.3 is 0 Å². The minimum atomic E-state index is -0.101. The van der Waals surface area contributed by atoms with Gasteiger partial charge in [0.25, 0.3) is 5.91 Å². The number of pyridine rings is 1. The van der Waals surface area contributed by atoms with E-state index in [0.29, 0.717) is 35.9 Å². The number of carbonyl (C=O) groups excluding carboxylic acids is 1. The van der Waals surface area contributed by atoms with Crippen LogP contribution in [0.1, 0.15) is 16.8 Å². The minimum absolute atomic E-state index is 0.0939. The van der Waals surface area contributed by atoms with Crippen LogP contribution < -0.4 is 18.9 Å². The Morgan fingerprint density at radius 2 is 1.73 bits per heavy atom. The lowest BCUT2D eigenvalue weighted by atomic mass is 10.1. The van der Waals surface area contributed by atoms with Crippen molar-refractivity contribution in [3.63, 3.8) is 0 Å². The summed E-state index contributed by atoms with van der Waals surface area (Å²) in [5.74, 6) is 2.00. The number of benzene rings is 2. The molecule has 1 aliphatic rings. The van der Waals surface area contributed by atoms with Gasteiger partial charge in [0, 0.05) is 30.1 Å². The average Bonchev–Trinajstić information content (AvgIpc) is 3.26. The topological polar surface area (TPSA) is 70.1 Å². The normalized spacial score (nSPS) is 15.8. The number of carbonyl (C=O) groups is 1. The van der Waals surface area contributed by atoms with Crippen LogP contribution >= 0.6 is 0 Å². The number of nitrogens with zero attached hydrogens (tertiary/aromatic N) is 2. The van der Waals surface area contributed by atoms with Gasteiger partial charge in [-0.25, -0.2) is 0 Å². The van der Waals surface area contributed by atoms with Crippen LogP contribution in [0.2, 0.25) is 0 Å². The largest absolute Gasteiger partial charge is 0.493 e. The summed E-state index contributed by atoms with van der Waals surface area (Å²) in [6, 6.07) is 13.1. The van der Waals surface area contributed by atoms with E-state index in [1.807, 2.05) is 30.3 Å². The molecule has 156 valence electrons. The van der Waals surface area contributed by atoms with Crippen LogP contribution in [0.15, 0.2) is 48.7 Å². The zero-order chi connectivity index (χ0) is 21.1. The number of ether oxygens (including phenoxy) is 4. The fraction of sp³-hybridized carbons (Fsp3) is 0.304. The SMILES string of the molecule is COc1cc(C(=O)N2CCC(Oc3cccc4cccnc34)C2)cc(OC)c1OC. The van der Waals surface area contributed by atoms with Gasteiger partial charge in [-0.15, -0.1) is 0 Å². The number of fused-ring (bicyclic) bond motifs is 1. The third kappa shape index (κ3) is 3.70. The van der Waals surface area contributed by atoms with Crippen LogP contribution in [-0.4, -0.2) is 56.3 Å². The van der Waals surface area contributed by atoms with Gasteiger partial charge in [0.2, 0.25) is 5.75 Å². The van der Waals surface area contributed by atoms with E-state index in [1.165, 1.54) is 21.3 Å². The number of hydrogen-bond acceptors (Lipinski definition) is 6. The summed E-state index contributed by atoms with van der Waals surface area (Å²) in [6.45, 7) is 1.11. The molecule has 0 spiro atoms. The second kappa shape index (κ2) is 8.49. The van der Waals surface area contributed by atoms with Gasteiger partial charge in [0.15, 0.2) is 11.5 Å². The summed E-state index contributed by atoms with van der Waals surface area (Å²) < 4.78 is 22.3. The molecule has 1 aromatic heterocycles. The standard InChI is InChI=1S/C23H24N2O5/c1-27-19-12-16(13-20(28-2)22(19)29-3)23(26)25-11-9-17(14-25)30-18-8-4-6-15-7-5-10-24-21(15)18/h4-8,10,12-13,17H,9,11,14H2,1-3H3. The van der Waals surface area contributed by atoms with Crippen molar-refractivity contribution in [1.29, 1.82) is 0 Å². The highest BCUT2D eigenvalue weighted by molar-refractivity contribution is 5.96. The highest BCUT2D eigenvalue weighted by Crippen LogP contribution is 2.38. The number of hydrogen-bond donors (Lipinski definition) is 0. The Morgan fingerprint density at radius 3 is 2.43 bits per heavy atom. The van der Waals surface area contributed by atoms with Crippen LogP contribution in [0.5, 0.6) is 23.0 Å². The Labute approximate surface area is 175 Å². The van der Waals surface area contributed by atoms with Gasteiger partial charge in [-0.3, -0.25) is 9.78 Å². The van der Waals surface area contributed by atoms with Crippen molar-refractivity contribution in [3.8, 4) is 23.0 Å². The summed E-state index contributed by atoms with van der Waals surface area (Å²) in [5.41, 5.74) is 1.31. The fourth-order valence-electron chi connectivity index (χ4n) is 3.75. The maximum Gasteiger partial charge on any atom is 0.254 e. The Kier molecular flexibility index (Phi) is 5.61. The lowest BCUT2D eigenvalue weighted by molar-refractivity contribution is 0.0772. The molecule has 0 bridgehead atoms. The van der Waals surface area contributed by atoms with Gasteiger partial charge in [0.1, 0.15) is 17.4 Å². The van der Waals surface area contributed by atoms with E-state index in [9.17, 15) is 4.79 Å². The summed E-state index contributed by atoms with van der Waals surface area (Å²) >= 11 is 0. The Bertz CT molecular complexity index is 1040. The second-order valence-corrected chi connectivity index (χ2v) is 7.02. The van der Waals surface area contributed by atoms with Crippen molar-refractivity contribution in [1.82, 2.24) is 9.88 Å². The van der Waals surface area contributed by atoms with E-state index >= 15 is 0 Å². The maximum absolute atomic E-state index is 13.1. The lowest BCUT2D eigenvalue weighted by Crippen LogP contribution is -2.31. The van der Waals surface area contributed by atoms with Gasteiger partial charge < -0.3 is 23.8 Å². The molecular weight excluding hydrogens is 384 g/mol. The van der Waals surface area contributed by atoms with Crippen molar-refractivity contribution in [3.05, 3.63) is 54.2 Å². The molecule has 0 N–H and O–H groups in total. The molecule has 1 saturated heterocycles. The fourth-order valence-corrected chi connectivity index (χ4v) is 3.75. The molecule has 0 saturated carbocycles. The van der Waals surface area contributed by atoms with Crippen LogP contribution in [0.25, 0.3) is 10.9 Å². The van der Waals surface area contributed by atoms with Crippen molar-refractivity contribution in [2.24, 2.45) is 0 Å². The lowest BCUT2D eigenvalue weighted by Gasteiger charge is -2.19. The molecule has 1 unspecified atom stereocenters. The van der Waals surface area contributed by atoms with Crippen molar-refractivity contribution >= 4 is 16.8 Å². The quantitative estimate of drug-likeness (QED) is 0.621. The maximum atomic E-state index is 13.1. The summed E-state index contributed by atoms with van der Waals surface area (Å²) in [4.78, 5) is 19.3. The highest BCUT2D eigenvalue weighted by atomic mass is 16.5. The first kappa shape index (κ1) is 19.8. The van der Waals surface area contributed by atoms with E-state index in [2.05, 4.69) is 4.98 Å². The van der Waals surface area contributed by atoms with Gasteiger partial charge in [-0.05, 0) is 24.3 Å². The van der Waals surface area contributed by atoms with Crippen molar-refractivity contribution in [2.45, 2.75) is 12.5 Å². The van der Waals surface area contributed by atoms with E-state index in [-0.39, 0.29) is 12.0 Å². The summed E-state index contributed by atoms with van der Waals surface area (Å²) in [5, 5.41) is 1.03. The average molecular weight is 408 g/mol. The molecule has 1 aliphatic heterocycles. The van der Waals surface area contributed by atoms with Crippen LogP contribution in [-0.2, 0) is 0 Å². The van der Waals surface area contributed by atoms with E-state index < -0.39 is 0 Å². The first-order chi connectivity index (χ1) is 14.6. The van der Waals surface area contributed by atoms with Crippen LogP contribution in [0.3, 0.4) is 0 Å². The molecule has 2 heterocycles. The Balaban J connectivity index is 1.51. The third-order valence-electron chi connectivity index (χ3n) is 5.23. The second-order valence-electron chi connectivity index (χ2n) is 7.02. The number of rotatable bonds is 6. The molecule has 0 aliphatic carbocycles. The first-order valence-corrected chi connectivity index (χ1v) is 9.74. The Hall–Kier alpha value is -3.48. The number of amides is 1.